The van der Waals surface area contributed by atoms with Gasteiger partial charge in [0.2, 0.25) is 5.82 Å². The van der Waals surface area contributed by atoms with Crippen molar-refractivity contribution in [2.45, 2.75) is 26.5 Å². The summed E-state index contributed by atoms with van der Waals surface area (Å²) < 4.78 is 11.2. The number of hydrogen-bond donors (Lipinski definition) is 2. The quantitative estimate of drug-likeness (QED) is 0.412. The predicted molar refractivity (Wildman–Crippen MR) is 122 cm³/mol. The van der Waals surface area contributed by atoms with Crippen molar-refractivity contribution in [1.29, 1.82) is 5.26 Å². The van der Waals surface area contributed by atoms with Gasteiger partial charge >= 0.3 is 5.97 Å². The van der Waals surface area contributed by atoms with Gasteiger partial charge in [-0.05, 0) is 48.4 Å². The number of nitrogens with zero attached hydrogens (tertiary/aromatic N) is 3. The molecule has 0 amide bonds. The zero-order chi connectivity index (χ0) is 23.4. The average Bonchev–Trinajstić information content (AvgIpc) is 3.29. The molecule has 8 nitrogen and oxygen atoms in total. The fraction of sp³-hybridized carbons (Fsp3) is 0.200. The summed E-state index contributed by atoms with van der Waals surface area (Å²) in [5.74, 6) is 0.328. The van der Waals surface area contributed by atoms with Crippen molar-refractivity contribution in [1.82, 2.24) is 15.5 Å². The summed E-state index contributed by atoms with van der Waals surface area (Å²) >= 11 is 0. The zero-order valence-electron chi connectivity index (χ0n) is 18.2. The van der Waals surface area contributed by atoms with Gasteiger partial charge in [-0.25, -0.2) is 0 Å². The van der Waals surface area contributed by atoms with E-state index < -0.39 is 5.97 Å². The SMILES string of the molecule is CC(C)Oc1ccc(-c2nc(-c3ccc(CNCC(=O)O)c4ccccc34)no2)cc1C#N. The number of nitriles is 1. The Hall–Kier alpha value is -4.22. The molecule has 1 heterocycles. The highest BCUT2D eigenvalue weighted by Gasteiger charge is 2.16. The average molecular weight is 442 g/mol. The summed E-state index contributed by atoms with van der Waals surface area (Å²) in [6.07, 6.45) is -0.0477. The van der Waals surface area contributed by atoms with Gasteiger partial charge in [0.1, 0.15) is 11.8 Å². The first kappa shape index (κ1) is 22.0. The van der Waals surface area contributed by atoms with Crippen LogP contribution in [0.25, 0.3) is 33.6 Å². The van der Waals surface area contributed by atoms with Crippen molar-refractivity contribution >= 4 is 16.7 Å². The number of carboxylic acid groups (broad SMARTS) is 1. The molecule has 0 fully saturated rings. The molecule has 3 aromatic carbocycles. The molecule has 166 valence electrons. The molecular formula is C25H22N4O4. The van der Waals surface area contributed by atoms with Crippen molar-refractivity contribution in [2.24, 2.45) is 0 Å². The summed E-state index contributed by atoms with van der Waals surface area (Å²) in [6.45, 7) is 4.11. The Bertz CT molecular complexity index is 1350. The van der Waals surface area contributed by atoms with Crippen LogP contribution in [0.5, 0.6) is 5.75 Å². The third-order valence-electron chi connectivity index (χ3n) is 4.98. The van der Waals surface area contributed by atoms with Crippen molar-refractivity contribution in [2.75, 3.05) is 6.54 Å². The van der Waals surface area contributed by atoms with Crippen LogP contribution in [-0.4, -0.2) is 33.9 Å². The number of aliphatic carboxylic acids is 1. The molecule has 0 aliphatic heterocycles. The highest BCUT2D eigenvalue weighted by Crippen LogP contribution is 2.32. The first-order valence-corrected chi connectivity index (χ1v) is 10.4. The first-order chi connectivity index (χ1) is 16.0. The lowest BCUT2D eigenvalue weighted by Crippen LogP contribution is -2.21. The molecule has 0 aliphatic rings. The van der Waals surface area contributed by atoms with Crippen LogP contribution in [0.3, 0.4) is 0 Å². The van der Waals surface area contributed by atoms with Crippen LogP contribution in [-0.2, 0) is 11.3 Å². The van der Waals surface area contributed by atoms with Gasteiger partial charge in [-0.3, -0.25) is 4.79 Å². The molecular weight excluding hydrogens is 420 g/mol. The van der Waals surface area contributed by atoms with E-state index in [0.29, 0.717) is 35.1 Å². The molecule has 2 N–H and O–H groups in total. The van der Waals surface area contributed by atoms with Crippen molar-refractivity contribution in [3.63, 3.8) is 0 Å². The topological polar surface area (TPSA) is 121 Å². The molecule has 1 aromatic heterocycles. The van der Waals surface area contributed by atoms with Crippen LogP contribution in [0.4, 0.5) is 0 Å². The van der Waals surface area contributed by atoms with Gasteiger partial charge < -0.3 is 19.7 Å². The minimum absolute atomic E-state index is 0.0477. The summed E-state index contributed by atoms with van der Waals surface area (Å²) in [5, 5.41) is 27.3. The molecule has 4 aromatic rings. The normalized spacial score (nSPS) is 11.0. The maximum atomic E-state index is 10.8. The number of hydrogen-bond acceptors (Lipinski definition) is 7. The number of nitrogens with one attached hydrogen (secondary N) is 1. The van der Waals surface area contributed by atoms with Crippen molar-refractivity contribution in [3.05, 3.63) is 65.7 Å². The lowest BCUT2D eigenvalue weighted by atomic mass is 9.99. The molecule has 0 aliphatic carbocycles. The van der Waals surface area contributed by atoms with Crippen LogP contribution in [0.15, 0.2) is 59.1 Å². The van der Waals surface area contributed by atoms with E-state index in [1.54, 1.807) is 18.2 Å². The Morgan fingerprint density at radius 3 is 2.70 bits per heavy atom. The number of benzene rings is 3. The van der Waals surface area contributed by atoms with E-state index in [1.165, 1.54) is 0 Å². The standard InChI is InChI=1S/C25H22N4O4/c1-15(2)32-22-10-8-16(11-18(22)12-26)25-28-24(29-33-25)21-9-7-17(13-27-14-23(30)31)19-5-3-4-6-20(19)21/h3-11,15,27H,13-14H2,1-2H3,(H,30,31). The maximum absolute atomic E-state index is 10.8. The van der Waals surface area contributed by atoms with Gasteiger partial charge in [-0.15, -0.1) is 0 Å². The summed E-state index contributed by atoms with van der Waals surface area (Å²) in [7, 11) is 0. The second-order valence-electron chi connectivity index (χ2n) is 7.73. The molecule has 0 spiro atoms. The fourth-order valence-corrected chi connectivity index (χ4v) is 3.57. The number of ether oxygens (including phenoxy) is 1. The molecule has 0 saturated heterocycles. The van der Waals surface area contributed by atoms with E-state index in [2.05, 4.69) is 21.5 Å². The van der Waals surface area contributed by atoms with Crippen LogP contribution in [0, 0.1) is 11.3 Å². The molecule has 0 unspecified atom stereocenters. The smallest absolute Gasteiger partial charge is 0.317 e. The van der Waals surface area contributed by atoms with E-state index in [1.807, 2.05) is 50.2 Å². The fourth-order valence-electron chi connectivity index (χ4n) is 3.57. The highest BCUT2D eigenvalue weighted by atomic mass is 16.5. The summed E-state index contributed by atoms with van der Waals surface area (Å²) in [5.41, 5.74) is 2.78. The number of rotatable bonds is 8. The number of aromatic nitrogens is 2. The van der Waals surface area contributed by atoms with E-state index in [9.17, 15) is 10.1 Å². The Labute approximate surface area is 190 Å². The van der Waals surface area contributed by atoms with Crippen molar-refractivity contribution < 1.29 is 19.2 Å². The third kappa shape index (κ3) is 4.84. The van der Waals surface area contributed by atoms with Gasteiger partial charge in [0.15, 0.2) is 0 Å². The zero-order valence-corrected chi connectivity index (χ0v) is 18.2. The first-order valence-electron chi connectivity index (χ1n) is 10.4. The molecule has 0 bridgehead atoms. The number of carbonyl (C=O) groups is 1. The van der Waals surface area contributed by atoms with Crippen LogP contribution < -0.4 is 10.1 Å². The van der Waals surface area contributed by atoms with E-state index in [0.717, 1.165) is 21.9 Å². The predicted octanol–water partition coefficient (Wildman–Crippen LogP) is 4.39. The minimum Gasteiger partial charge on any atom is -0.490 e. The number of fused-ring (bicyclic) bond motifs is 1. The van der Waals surface area contributed by atoms with Crippen LogP contribution in [0.2, 0.25) is 0 Å². The third-order valence-corrected chi connectivity index (χ3v) is 4.98. The molecule has 8 heteroatoms. The van der Waals surface area contributed by atoms with Gasteiger partial charge in [0, 0.05) is 17.7 Å². The molecule has 0 atom stereocenters. The Morgan fingerprint density at radius 2 is 1.97 bits per heavy atom. The van der Waals surface area contributed by atoms with Crippen molar-refractivity contribution in [3.8, 4) is 34.7 Å². The number of carboxylic acids is 1. The Morgan fingerprint density at radius 1 is 1.18 bits per heavy atom. The summed E-state index contributed by atoms with van der Waals surface area (Å²) in [6, 6.07) is 18.9. The monoisotopic (exact) mass is 442 g/mol. The van der Waals surface area contributed by atoms with Gasteiger partial charge in [0.25, 0.3) is 5.89 Å². The second-order valence-corrected chi connectivity index (χ2v) is 7.73. The Balaban J connectivity index is 1.67. The van der Waals surface area contributed by atoms with E-state index >= 15 is 0 Å². The van der Waals surface area contributed by atoms with E-state index in [4.69, 9.17) is 14.4 Å². The molecule has 0 saturated carbocycles. The van der Waals surface area contributed by atoms with Crippen LogP contribution in [0.1, 0.15) is 25.0 Å². The second kappa shape index (κ2) is 9.51. The highest BCUT2D eigenvalue weighted by molar-refractivity contribution is 5.97. The molecule has 4 rings (SSSR count). The van der Waals surface area contributed by atoms with E-state index in [-0.39, 0.29) is 12.6 Å². The van der Waals surface area contributed by atoms with Gasteiger partial charge in [-0.1, -0.05) is 41.6 Å². The lowest BCUT2D eigenvalue weighted by Gasteiger charge is -2.11. The molecule has 0 radical (unpaired) electrons. The van der Waals surface area contributed by atoms with Gasteiger partial charge in [0.05, 0.1) is 18.2 Å². The Kier molecular flexibility index (Phi) is 6.33. The maximum Gasteiger partial charge on any atom is 0.317 e. The van der Waals surface area contributed by atoms with Gasteiger partial charge in [-0.2, -0.15) is 10.2 Å². The largest absolute Gasteiger partial charge is 0.490 e. The lowest BCUT2D eigenvalue weighted by molar-refractivity contribution is -0.136. The van der Waals surface area contributed by atoms with Crippen LogP contribution >= 0.6 is 0 Å². The summed E-state index contributed by atoms with van der Waals surface area (Å²) in [4.78, 5) is 15.4. The molecule has 33 heavy (non-hydrogen) atoms. The minimum atomic E-state index is -0.904.